The zero-order valence-corrected chi connectivity index (χ0v) is 10.9. The molecule has 0 aliphatic heterocycles. The van der Waals surface area contributed by atoms with Crippen molar-refractivity contribution in [3.05, 3.63) is 10.6 Å². The van der Waals surface area contributed by atoms with Gasteiger partial charge in [0.25, 0.3) is 0 Å². The number of hydrogen-bond donors (Lipinski definition) is 2. The standard InChI is InChI=1S/C11H15N3O3S/c1-2-14(6-9(15)16)11(17)13-10-12-7-4-3-5-8(7)18-10/h2-6H2,1H3,(H,15,16)(H,12,13,17). The Bertz CT molecular complexity index is 451. The molecule has 1 aromatic heterocycles. The van der Waals surface area contributed by atoms with Crippen LogP contribution < -0.4 is 5.32 Å². The lowest BCUT2D eigenvalue weighted by atomic mass is 10.4. The fourth-order valence-corrected chi connectivity index (χ4v) is 2.94. The van der Waals surface area contributed by atoms with Crippen LogP contribution in [0.2, 0.25) is 0 Å². The molecule has 18 heavy (non-hydrogen) atoms. The fraction of sp³-hybridized carbons (Fsp3) is 0.545. The van der Waals surface area contributed by atoms with Gasteiger partial charge in [0.05, 0.1) is 5.69 Å². The number of aryl methyl sites for hydroxylation is 2. The topological polar surface area (TPSA) is 82.5 Å². The number of fused-ring (bicyclic) bond motifs is 1. The van der Waals surface area contributed by atoms with E-state index in [1.165, 1.54) is 21.1 Å². The number of nitrogens with zero attached hydrogens (tertiary/aromatic N) is 2. The van der Waals surface area contributed by atoms with E-state index in [9.17, 15) is 9.59 Å². The summed E-state index contributed by atoms with van der Waals surface area (Å²) in [4.78, 5) is 29.2. The van der Waals surface area contributed by atoms with E-state index in [2.05, 4.69) is 10.3 Å². The minimum Gasteiger partial charge on any atom is -0.480 e. The molecule has 0 saturated carbocycles. The Morgan fingerprint density at radius 1 is 1.50 bits per heavy atom. The smallest absolute Gasteiger partial charge is 0.324 e. The van der Waals surface area contributed by atoms with E-state index in [1.807, 2.05) is 0 Å². The number of nitrogens with one attached hydrogen (secondary N) is 1. The molecule has 0 radical (unpaired) electrons. The van der Waals surface area contributed by atoms with Gasteiger partial charge >= 0.3 is 12.0 Å². The summed E-state index contributed by atoms with van der Waals surface area (Å²) in [5.41, 5.74) is 1.07. The molecular weight excluding hydrogens is 254 g/mol. The number of carboxylic acids is 1. The summed E-state index contributed by atoms with van der Waals surface area (Å²) in [6.07, 6.45) is 3.12. The molecule has 0 unspecified atom stereocenters. The second-order valence-electron chi connectivity index (χ2n) is 4.08. The average molecular weight is 269 g/mol. The number of hydrogen-bond acceptors (Lipinski definition) is 4. The van der Waals surface area contributed by atoms with Crippen molar-refractivity contribution >= 4 is 28.5 Å². The largest absolute Gasteiger partial charge is 0.480 e. The number of likely N-dealkylation sites (N-methyl/N-ethyl adjacent to an activating group) is 1. The van der Waals surface area contributed by atoms with Crippen LogP contribution in [0.15, 0.2) is 0 Å². The summed E-state index contributed by atoms with van der Waals surface area (Å²) >= 11 is 1.48. The van der Waals surface area contributed by atoms with Crippen molar-refractivity contribution in [2.24, 2.45) is 0 Å². The van der Waals surface area contributed by atoms with Gasteiger partial charge in [-0.05, 0) is 26.2 Å². The van der Waals surface area contributed by atoms with E-state index < -0.39 is 12.0 Å². The van der Waals surface area contributed by atoms with Crippen molar-refractivity contribution in [3.63, 3.8) is 0 Å². The third kappa shape index (κ3) is 2.79. The predicted molar refractivity (Wildman–Crippen MR) is 68.0 cm³/mol. The van der Waals surface area contributed by atoms with Gasteiger partial charge < -0.3 is 10.0 Å². The molecule has 6 nitrogen and oxygen atoms in total. The van der Waals surface area contributed by atoms with Crippen LogP contribution in [0.1, 0.15) is 23.9 Å². The number of aromatic nitrogens is 1. The summed E-state index contributed by atoms with van der Waals surface area (Å²) in [6.45, 7) is 1.79. The van der Waals surface area contributed by atoms with Gasteiger partial charge in [-0.15, -0.1) is 11.3 Å². The van der Waals surface area contributed by atoms with Gasteiger partial charge in [0.1, 0.15) is 6.54 Å². The SMILES string of the molecule is CCN(CC(=O)O)C(=O)Nc1nc2c(s1)CCC2. The number of urea groups is 1. The maximum atomic E-state index is 11.8. The Balaban J connectivity index is 1.98. The highest BCUT2D eigenvalue weighted by Crippen LogP contribution is 2.30. The average Bonchev–Trinajstić information content (AvgIpc) is 2.85. The van der Waals surface area contributed by atoms with Gasteiger partial charge in [-0.2, -0.15) is 0 Å². The van der Waals surface area contributed by atoms with E-state index in [-0.39, 0.29) is 6.54 Å². The van der Waals surface area contributed by atoms with Crippen LogP contribution >= 0.6 is 11.3 Å². The minimum atomic E-state index is -1.02. The van der Waals surface area contributed by atoms with E-state index >= 15 is 0 Å². The first-order valence-electron chi connectivity index (χ1n) is 5.86. The lowest BCUT2D eigenvalue weighted by Crippen LogP contribution is -2.38. The molecule has 0 fully saturated rings. The van der Waals surface area contributed by atoms with E-state index in [0.717, 1.165) is 25.0 Å². The van der Waals surface area contributed by atoms with Crippen molar-refractivity contribution in [2.75, 3.05) is 18.4 Å². The van der Waals surface area contributed by atoms with Crippen LogP contribution in [0, 0.1) is 0 Å². The molecule has 2 amide bonds. The van der Waals surface area contributed by atoms with Crippen LogP contribution in [0.25, 0.3) is 0 Å². The molecule has 0 bridgehead atoms. The summed E-state index contributed by atoms with van der Waals surface area (Å²) in [5.74, 6) is -1.02. The lowest BCUT2D eigenvalue weighted by molar-refractivity contribution is -0.137. The molecule has 0 aromatic carbocycles. The quantitative estimate of drug-likeness (QED) is 0.869. The van der Waals surface area contributed by atoms with Crippen LogP contribution in [0.4, 0.5) is 9.93 Å². The molecular formula is C11H15N3O3S. The van der Waals surface area contributed by atoms with Gasteiger partial charge in [-0.1, -0.05) is 0 Å². The molecule has 2 rings (SSSR count). The summed E-state index contributed by atoms with van der Waals surface area (Å²) in [5, 5.41) is 11.9. The van der Waals surface area contributed by atoms with Crippen LogP contribution in [-0.4, -0.2) is 40.1 Å². The number of thiazole rings is 1. The van der Waals surface area contributed by atoms with Crippen molar-refractivity contribution in [1.29, 1.82) is 0 Å². The number of carbonyl (C=O) groups excluding carboxylic acids is 1. The zero-order valence-electron chi connectivity index (χ0n) is 10.1. The first-order valence-corrected chi connectivity index (χ1v) is 6.68. The zero-order chi connectivity index (χ0) is 13.1. The molecule has 0 saturated heterocycles. The highest BCUT2D eigenvalue weighted by atomic mass is 32.1. The number of carbonyl (C=O) groups is 2. The molecule has 7 heteroatoms. The van der Waals surface area contributed by atoms with Crippen molar-refractivity contribution < 1.29 is 14.7 Å². The number of rotatable bonds is 4. The second kappa shape index (κ2) is 5.34. The minimum absolute atomic E-state index is 0.298. The van der Waals surface area contributed by atoms with E-state index in [4.69, 9.17) is 5.11 Å². The molecule has 98 valence electrons. The predicted octanol–water partition coefficient (Wildman–Crippen LogP) is 1.57. The van der Waals surface area contributed by atoms with Gasteiger partial charge in [0, 0.05) is 11.4 Å². The van der Waals surface area contributed by atoms with Crippen LogP contribution in [0.5, 0.6) is 0 Å². The molecule has 2 N–H and O–H groups in total. The monoisotopic (exact) mass is 269 g/mol. The van der Waals surface area contributed by atoms with E-state index in [1.54, 1.807) is 6.92 Å². The van der Waals surface area contributed by atoms with Gasteiger partial charge in [0.15, 0.2) is 5.13 Å². The lowest BCUT2D eigenvalue weighted by Gasteiger charge is -2.17. The molecule has 0 atom stereocenters. The van der Waals surface area contributed by atoms with Gasteiger partial charge in [0.2, 0.25) is 0 Å². The number of amides is 2. The Morgan fingerprint density at radius 3 is 2.89 bits per heavy atom. The third-order valence-electron chi connectivity index (χ3n) is 2.80. The van der Waals surface area contributed by atoms with Crippen molar-refractivity contribution in [1.82, 2.24) is 9.88 Å². The molecule has 1 aliphatic carbocycles. The van der Waals surface area contributed by atoms with Gasteiger partial charge in [-0.3, -0.25) is 10.1 Å². The number of anilines is 1. The Labute approximate surface area is 109 Å². The second-order valence-corrected chi connectivity index (χ2v) is 5.16. The number of carboxylic acid groups (broad SMARTS) is 1. The highest BCUT2D eigenvalue weighted by molar-refractivity contribution is 7.15. The fourth-order valence-electron chi connectivity index (χ4n) is 1.90. The Kier molecular flexibility index (Phi) is 3.81. The Hall–Kier alpha value is -1.63. The Morgan fingerprint density at radius 2 is 2.28 bits per heavy atom. The first kappa shape index (κ1) is 12.8. The third-order valence-corrected chi connectivity index (χ3v) is 3.88. The molecule has 1 aromatic rings. The maximum absolute atomic E-state index is 11.8. The normalized spacial score (nSPS) is 13.2. The molecule has 0 spiro atoms. The first-order chi connectivity index (χ1) is 8.60. The maximum Gasteiger partial charge on any atom is 0.324 e. The van der Waals surface area contributed by atoms with Crippen LogP contribution in [0.3, 0.4) is 0 Å². The van der Waals surface area contributed by atoms with Crippen molar-refractivity contribution in [2.45, 2.75) is 26.2 Å². The van der Waals surface area contributed by atoms with Gasteiger partial charge in [-0.25, -0.2) is 9.78 Å². The highest BCUT2D eigenvalue weighted by Gasteiger charge is 2.20. The van der Waals surface area contributed by atoms with Crippen LogP contribution in [-0.2, 0) is 17.6 Å². The molecule has 1 aliphatic rings. The molecule has 1 heterocycles. The van der Waals surface area contributed by atoms with E-state index in [0.29, 0.717) is 11.7 Å². The van der Waals surface area contributed by atoms with Crippen molar-refractivity contribution in [3.8, 4) is 0 Å². The summed E-state index contributed by atoms with van der Waals surface area (Å²) in [6, 6.07) is -0.410. The summed E-state index contributed by atoms with van der Waals surface area (Å²) < 4.78 is 0. The number of aliphatic carboxylic acids is 1. The summed E-state index contributed by atoms with van der Waals surface area (Å²) in [7, 11) is 0.